The number of halogens is 1. The minimum absolute atomic E-state index is 0.0526. The van der Waals surface area contributed by atoms with E-state index in [0.717, 1.165) is 0 Å². The van der Waals surface area contributed by atoms with Crippen LogP contribution in [0.1, 0.15) is 10.4 Å². The van der Waals surface area contributed by atoms with E-state index in [1.54, 1.807) is 0 Å². The van der Waals surface area contributed by atoms with Crippen LogP contribution in [-0.2, 0) is 4.79 Å². The molecule has 0 atom stereocenters. The van der Waals surface area contributed by atoms with Crippen LogP contribution < -0.4 is 5.32 Å². The van der Waals surface area contributed by atoms with Crippen LogP contribution in [0, 0.1) is 11.3 Å². The number of carbonyl (C=O) groups excluding carboxylic acids is 1. The summed E-state index contributed by atoms with van der Waals surface area (Å²) in [4.78, 5) is 22.1. The molecule has 0 unspecified atom stereocenters. The highest BCUT2D eigenvalue weighted by atomic mass is 35.5. The van der Waals surface area contributed by atoms with Crippen LogP contribution in [0.15, 0.2) is 18.2 Å². The van der Waals surface area contributed by atoms with Gasteiger partial charge in [0.2, 0.25) is 5.91 Å². The summed E-state index contributed by atoms with van der Waals surface area (Å²) in [6, 6.07) is 5.96. The van der Waals surface area contributed by atoms with Gasteiger partial charge < -0.3 is 10.4 Å². The third-order valence-corrected chi connectivity index (χ3v) is 3.00. The second-order valence-electron chi connectivity index (χ2n) is 3.20. The topological polar surface area (TPSA) is 90.2 Å². The molecule has 0 aliphatic carbocycles. The summed E-state index contributed by atoms with van der Waals surface area (Å²) >= 11 is 7.03. The molecule has 0 saturated carbocycles. The summed E-state index contributed by atoms with van der Waals surface area (Å²) in [5.74, 6) is -0.997. The summed E-state index contributed by atoms with van der Waals surface area (Å²) in [6.45, 7) is 0. The van der Waals surface area contributed by atoms with Crippen LogP contribution in [-0.4, -0.2) is 28.5 Å². The molecule has 18 heavy (non-hydrogen) atoms. The van der Waals surface area contributed by atoms with Crippen LogP contribution in [0.25, 0.3) is 0 Å². The molecule has 5 nitrogen and oxygen atoms in total. The molecule has 0 spiro atoms. The number of nitrogens with zero attached hydrogens (tertiary/aromatic N) is 1. The van der Waals surface area contributed by atoms with Gasteiger partial charge in [-0.05, 0) is 18.2 Å². The molecule has 0 aliphatic rings. The number of aromatic carboxylic acids is 1. The molecule has 1 rings (SSSR count). The monoisotopic (exact) mass is 284 g/mol. The normalized spacial score (nSPS) is 9.56. The molecule has 1 aromatic carbocycles. The highest BCUT2D eigenvalue weighted by Gasteiger charge is 2.09. The number of anilines is 1. The first-order chi connectivity index (χ1) is 8.54. The van der Waals surface area contributed by atoms with Crippen molar-refractivity contribution >= 4 is 40.9 Å². The molecule has 0 heterocycles. The zero-order valence-corrected chi connectivity index (χ0v) is 10.7. The van der Waals surface area contributed by atoms with E-state index in [0.29, 0.717) is 5.69 Å². The molecule has 0 fully saturated rings. The van der Waals surface area contributed by atoms with Gasteiger partial charge in [-0.1, -0.05) is 11.6 Å². The van der Waals surface area contributed by atoms with Gasteiger partial charge >= 0.3 is 5.97 Å². The van der Waals surface area contributed by atoms with Gasteiger partial charge in [-0.25, -0.2) is 4.79 Å². The third kappa shape index (κ3) is 4.28. The van der Waals surface area contributed by atoms with Gasteiger partial charge in [0.1, 0.15) is 0 Å². The molecule has 1 aromatic rings. The van der Waals surface area contributed by atoms with Crippen molar-refractivity contribution in [2.75, 3.05) is 16.8 Å². The van der Waals surface area contributed by atoms with Crippen LogP contribution in [0.5, 0.6) is 0 Å². The summed E-state index contributed by atoms with van der Waals surface area (Å²) < 4.78 is 0. The lowest BCUT2D eigenvalue weighted by Crippen LogP contribution is -2.14. The number of nitrogens with one attached hydrogen (secondary N) is 1. The summed E-state index contributed by atoms with van der Waals surface area (Å²) in [5.41, 5.74) is 0.404. The van der Waals surface area contributed by atoms with E-state index >= 15 is 0 Å². The van der Waals surface area contributed by atoms with Crippen LogP contribution in [0.2, 0.25) is 5.02 Å². The Hall–Kier alpha value is -1.71. The fourth-order valence-corrected chi connectivity index (χ4v) is 1.80. The number of carboxylic acid groups (broad SMARTS) is 1. The molecule has 1 amide bonds. The molecule has 94 valence electrons. The Bertz CT molecular complexity index is 514. The van der Waals surface area contributed by atoms with E-state index in [1.165, 1.54) is 30.0 Å². The zero-order valence-electron chi connectivity index (χ0n) is 9.14. The number of thioether (sulfide) groups is 1. The summed E-state index contributed by atoms with van der Waals surface area (Å²) in [6.07, 6.45) is 0. The van der Waals surface area contributed by atoms with Crippen molar-refractivity contribution in [2.24, 2.45) is 0 Å². The predicted molar refractivity (Wildman–Crippen MR) is 70.0 cm³/mol. The number of amides is 1. The fraction of sp³-hybridized carbons (Fsp3) is 0.182. The van der Waals surface area contributed by atoms with E-state index in [4.69, 9.17) is 22.0 Å². The number of benzene rings is 1. The SMILES string of the molecule is N#CCSCC(=O)Nc1ccc(C(=O)O)cc1Cl. The Morgan fingerprint density at radius 3 is 2.78 bits per heavy atom. The second kappa shape index (κ2) is 6.89. The highest BCUT2D eigenvalue weighted by Crippen LogP contribution is 2.23. The molecule has 2 N–H and O–H groups in total. The molecule has 0 radical (unpaired) electrons. The van der Waals surface area contributed by atoms with E-state index in [9.17, 15) is 9.59 Å². The fourth-order valence-electron chi connectivity index (χ4n) is 1.13. The van der Waals surface area contributed by atoms with Gasteiger partial charge in [-0.3, -0.25) is 4.79 Å². The Kier molecular flexibility index (Phi) is 5.49. The Balaban J connectivity index is 2.65. The molecular formula is C11H9ClN2O3S. The first kappa shape index (κ1) is 14.4. The molecule has 0 aromatic heterocycles. The van der Waals surface area contributed by atoms with Crippen molar-refractivity contribution in [1.82, 2.24) is 0 Å². The first-order valence-electron chi connectivity index (χ1n) is 4.82. The number of nitriles is 1. The van der Waals surface area contributed by atoms with Gasteiger partial charge in [-0.2, -0.15) is 5.26 Å². The largest absolute Gasteiger partial charge is 0.478 e. The number of carboxylic acids is 1. The van der Waals surface area contributed by atoms with Crippen LogP contribution >= 0.6 is 23.4 Å². The number of hydrogen-bond acceptors (Lipinski definition) is 4. The Morgan fingerprint density at radius 2 is 2.22 bits per heavy atom. The molecule has 0 saturated heterocycles. The molecular weight excluding hydrogens is 276 g/mol. The Labute approximate surface area is 113 Å². The average Bonchev–Trinajstić information content (AvgIpc) is 2.32. The first-order valence-corrected chi connectivity index (χ1v) is 6.35. The lowest BCUT2D eigenvalue weighted by atomic mass is 10.2. The number of hydrogen-bond donors (Lipinski definition) is 2. The van der Waals surface area contributed by atoms with Gasteiger partial charge in [0.05, 0.1) is 33.8 Å². The van der Waals surface area contributed by atoms with E-state index < -0.39 is 5.97 Å². The third-order valence-electron chi connectivity index (χ3n) is 1.89. The van der Waals surface area contributed by atoms with Gasteiger partial charge in [0, 0.05) is 0 Å². The van der Waals surface area contributed by atoms with Crippen molar-refractivity contribution in [3.8, 4) is 6.07 Å². The van der Waals surface area contributed by atoms with E-state index in [2.05, 4.69) is 5.32 Å². The highest BCUT2D eigenvalue weighted by molar-refractivity contribution is 8.00. The number of carbonyl (C=O) groups is 2. The summed E-state index contributed by atoms with van der Waals surface area (Å²) in [7, 11) is 0. The van der Waals surface area contributed by atoms with Crippen molar-refractivity contribution in [3.05, 3.63) is 28.8 Å². The number of rotatable bonds is 5. The van der Waals surface area contributed by atoms with Crippen molar-refractivity contribution in [3.63, 3.8) is 0 Å². The quantitative estimate of drug-likeness (QED) is 0.809. The van der Waals surface area contributed by atoms with Crippen LogP contribution in [0.4, 0.5) is 5.69 Å². The van der Waals surface area contributed by atoms with Crippen molar-refractivity contribution in [2.45, 2.75) is 0 Å². The van der Waals surface area contributed by atoms with Gasteiger partial charge in [0.15, 0.2) is 0 Å². The van der Waals surface area contributed by atoms with Gasteiger partial charge in [-0.15, -0.1) is 11.8 Å². The maximum Gasteiger partial charge on any atom is 0.335 e. The zero-order chi connectivity index (χ0) is 13.5. The van der Waals surface area contributed by atoms with E-state index in [-0.39, 0.29) is 28.0 Å². The molecule has 0 bridgehead atoms. The van der Waals surface area contributed by atoms with Gasteiger partial charge in [0.25, 0.3) is 0 Å². The second-order valence-corrected chi connectivity index (χ2v) is 4.59. The average molecular weight is 285 g/mol. The standard InChI is InChI=1S/C11H9ClN2O3S/c12-8-5-7(11(16)17)1-2-9(8)14-10(15)6-18-4-3-13/h1-2,5H,4,6H2,(H,14,15)(H,16,17). The maximum atomic E-state index is 11.4. The molecule has 7 heteroatoms. The predicted octanol–water partition coefficient (Wildman–Crippen LogP) is 2.23. The Morgan fingerprint density at radius 1 is 1.50 bits per heavy atom. The van der Waals surface area contributed by atoms with Crippen LogP contribution in [0.3, 0.4) is 0 Å². The molecule has 0 aliphatic heterocycles. The smallest absolute Gasteiger partial charge is 0.335 e. The summed E-state index contributed by atoms with van der Waals surface area (Å²) in [5, 5.41) is 19.8. The lowest BCUT2D eigenvalue weighted by Gasteiger charge is -2.07. The minimum atomic E-state index is -1.08. The van der Waals surface area contributed by atoms with E-state index in [1.807, 2.05) is 6.07 Å². The minimum Gasteiger partial charge on any atom is -0.478 e. The van der Waals surface area contributed by atoms with Crippen molar-refractivity contribution in [1.29, 1.82) is 5.26 Å². The van der Waals surface area contributed by atoms with Crippen molar-refractivity contribution < 1.29 is 14.7 Å². The lowest BCUT2D eigenvalue weighted by molar-refractivity contribution is -0.113. The maximum absolute atomic E-state index is 11.4.